The van der Waals surface area contributed by atoms with Crippen molar-refractivity contribution in [3.05, 3.63) is 40.8 Å². The molecular formula is C9H6N3O3+. The Morgan fingerprint density at radius 3 is 2.80 bits per heavy atom. The molecular weight excluding hydrogens is 198 g/mol. The zero-order chi connectivity index (χ0) is 10.7. The standard InChI is InChI=1S/C9H5N3O3/c10-6-12-8(9(13)15-11-12)14-7-4-2-1-3-5-7/h1-5H/p+1. The third-order valence-corrected chi connectivity index (χ3v) is 1.67. The van der Waals surface area contributed by atoms with Gasteiger partial charge in [0, 0.05) is 4.68 Å². The van der Waals surface area contributed by atoms with Crippen molar-refractivity contribution >= 4 is 0 Å². The summed E-state index contributed by atoms with van der Waals surface area (Å²) < 4.78 is 10.4. The molecule has 1 aromatic carbocycles. The molecule has 0 spiro atoms. The first-order chi connectivity index (χ1) is 7.31. The zero-order valence-electron chi connectivity index (χ0n) is 7.51. The monoisotopic (exact) mass is 204 g/mol. The fourth-order valence-corrected chi connectivity index (χ4v) is 1.02. The zero-order valence-corrected chi connectivity index (χ0v) is 7.51. The number of hydrogen-bond acceptors (Lipinski definition) is 4. The summed E-state index contributed by atoms with van der Waals surface area (Å²) in [7, 11) is 0. The number of nitriles is 1. The molecule has 0 saturated carbocycles. The average Bonchev–Trinajstić information content (AvgIpc) is 2.62. The first-order valence-electron chi connectivity index (χ1n) is 4.08. The van der Waals surface area contributed by atoms with E-state index in [1.54, 1.807) is 30.5 Å². The van der Waals surface area contributed by atoms with Crippen molar-refractivity contribution in [1.82, 2.24) is 5.27 Å². The molecule has 0 bridgehead atoms. The molecule has 1 N–H and O–H groups in total. The van der Waals surface area contributed by atoms with E-state index in [-0.39, 0.29) is 5.88 Å². The van der Waals surface area contributed by atoms with Gasteiger partial charge in [0.15, 0.2) is 5.26 Å². The number of ether oxygens (including phenoxy) is 1. The summed E-state index contributed by atoms with van der Waals surface area (Å²) in [5.74, 6) is 0.247. The Balaban J connectivity index is 2.37. The van der Waals surface area contributed by atoms with Gasteiger partial charge in [-0.2, -0.15) is 0 Å². The molecule has 0 fully saturated rings. The summed E-state index contributed by atoms with van der Waals surface area (Å²) >= 11 is 0. The Morgan fingerprint density at radius 2 is 2.13 bits per heavy atom. The molecule has 0 aliphatic rings. The van der Waals surface area contributed by atoms with Crippen molar-refractivity contribution in [1.29, 1.82) is 5.26 Å². The number of nitrogens with one attached hydrogen (secondary N) is 1. The van der Waals surface area contributed by atoms with Crippen LogP contribution in [-0.2, 0) is 0 Å². The number of benzene rings is 1. The molecule has 15 heavy (non-hydrogen) atoms. The maximum atomic E-state index is 11.1. The highest BCUT2D eigenvalue weighted by Crippen LogP contribution is 2.13. The van der Waals surface area contributed by atoms with E-state index in [0.717, 1.165) is 4.68 Å². The van der Waals surface area contributed by atoms with Crippen LogP contribution in [0.4, 0.5) is 0 Å². The van der Waals surface area contributed by atoms with Gasteiger partial charge in [-0.25, -0.2) is 4.79 Å². The summed E-state index contributed by atoms with van der Waals surface area (Å²) in [5, 5.41) is 10.7. The topological polar surface area (TPSA) is 82.9 Å². The predicted octanol–water partition coefficient (Wildman–Crippen LogP) is 0.377. The Labute approximate surface area is 83.9 Å². The number of nitrogens with zero attached hydrogens (tertiary/aromatic N) is 2. The van der Waals surface area contributed by atoms with Crippen molar-refractivity contribution in [2.24, 2.45) is 0 Å². The smallest absolute Gasteiger partial charge is 0.416 e. The Morgan fingerprint density at radius 1 is 1.40 bits per heavy atom. The van der Waals surface area contributed by atoms with Crippen LogP contribution in [-0.4, -0.2) is 5.27 Å². The fraction of sp³-hybridized carbons (Fsp3) is 0. The minimum absolute atomic E-state index is 0.205. The second-order valence-electron chi connectivity index (χ2n) is 2.64. The van der Waals surface area contributed by atoms with E-state index in [2.05, 4.69) is 9.79 Å². The van der Waals surface area contributed by atoms with E-state index >= 15 is 0 Å². The first-order valence-corrected chi connectivity index (χ1v) is 4.08. The van der Waals surface area contributed by atoms with Crippen LogP contribution in [0.25, 0.3) is 0 Å². The molecule has 0 unspecified atom stereocenters. The maximum absolute atomic E-state index is 11.1. The van der Waals surface area contributed by atoms with Crippen molar-refractivity contribution in [2.75, 3.05) is 0 Å². The average molecular weight is 204 g/mol. The van der Waals surface area contributed by atoms with Crippen LogP contribution >= 0.6 is 0 Å². The van der Waals surface area contributed by atoms with Gasteiger partial charge >= 0.3 is 17.7 Å². The molecule has 0 radical (unpaired) electrons. The largest absolute Gasteiger partial charge is 0.491 e. The minimum Gasteiger partial charge on any atom is -0.416 e. The summed E-state index contributed by atoms with van der Waals surface area (Å²) in [6.45, 7) is 0. The number of aromatic nitrogens is 2. The molecule has 0 aliphatic carbocycles. The Bertz CT molecular complexity index is 550. The lowest BCUT2D eigenvalue weighted by Gasteiger charge is -1.96. The van der Waals surface area contributed by atoms with Crippen molar-refractivity contribution < 1.29 is 13.9 Å². The molecule has 0 aliphatic heterocycles. The second-order valence-corrected chi connectivity index (χ2v) is 2.64. The van der Waals surface area contributed by atoms with Crippen molar-refractivity contribution in [3.8, 4) is 17.8 Å². The summed E-state index contributed by atoms with van der Waals surface area (Å²) in [6, 6.07) is 8.63. The molecule has 1 aromatic heterocycles. The number of para-hydroxylation sites is 1. The second kappa shape index (κ2) is 3.67. The summed E-state index contributed by atoms with van der Waals surface area (Å²) in [5.41, 5.74) is -0.736. The van der Waals surface area contributed by atoms with Gasteiger partial charge in [0.1, 0.15) is 5.75 Å². The lowest BCUT2D eigenvalue weighted by molar-refractivity contribution is -0.666. The highest BCUT2D eigenvalue weighted by molar-refractivity contribution is 5.23. The summed E-state index contributed by atoms with van der Waals surface area (Å²) in [6.07, 6.45) is 1.68. The van der Waals surface area contributed by atoms with Crippen LogP contribution in [0, 0.1) is 11.5 Å². The van der Waals surface area contributed by atoms with Crippen LogP contribution in [0.2, 0.25) is 0 Å². The van der Waals surface area contributed by atoms with E-state index in [0.29, 0.717) is 5.75 Å². The Kier molecular flexibility index (Phi) is 2.21. The van der Waals surface area contributed by atoms with Crippen LogP contribution in [0.3, 0.4) is 0 Å². The van der Waals surface area contributed by atoms with E-state index in [9.17, 15) is 4.79 Å². The van der Waals surface area contributed by atoms with Gasteiger partial charge in [-0.1, -0.05) is 23.5 Å². The van der Waals surface area contributed by atoms with E-state index in [4.69, 9.17) is 10.00 Å². The van der Waals surface area contributed by atoms with Gasteiger partial charge in [-0.3, -0.25) is 4.52 Å². The van der Waals surface area contributed by atoms with Crippen LogP contribution in [0.1, 0.15) is 0 Å². The van der Waals surface area contributed by atoms with Gasteiger partial charge in [-0.05, 0) is 12.1 Å². The number of rotatable bonds is 2. The first kappa shape index (κ1) is 9.02. The maximum Gasteiger partial charge on any atom is 0.491 e. The van der Waals surface area contributed by atoms with Gasteiger partial charge in [0.05, 0.1) is 0 Å². The number of aromatic amines is 1. The molecule has 2 aromatic rings. The molecule has 0 amide bonds. The normalized spacial score (nSPS) is 9.53. The third-order valence-electron chi connectivity index (χ3n) is 1.67. The van der Waals surface area contributed by atoms with Gasteiger partial charge < -0.3 is 4.74 Å². The van der Waals surface area contributed by atoms with Gasteiger partial charge in [0.2, 0.25) is 0 Å². The number of H-pyrrole nitrogens is 1. The van der Waals surface area contributed by atoms with Crippen LogP contribution in [0.15, 0.2) is 39.6 Å². The molecule has 1 heterocycles. The predicted molar refractivity (Wildman–Crippen MR) is 47.1 cm³/mol. The van der Waals surface area contributed by atoms with Crippen molar-refractivity contribution in [2.45, 2.75) is 0 Å². The molecule has 0 atom stereocenters. The summed E-state index contributed by atoms with van der Waals surface area (Å²) in [4.78, 5) is 11.1. The lowest BCUT2D eigenvalue weighted by atomic mass is 10.3. The van der Waals surface area contributed by atoms with Gasteiger partial charge in [-0.15, -0.1) is 0 Å². The molecule has 6 nitrogen and oxygen atoms in total. The highest BCUT2D eigenvalue weighted by Gasteiger charge is 2.19. The van der Waals surface area contributed by atoms with E-state index in [1.165, 1.54) is 0 Å². The molecule has 74 valence electrons. The molecule has 0 saturated heterocycles. The van der Waals surface area contributed by atoms with Crippen LogP contribution < -0.4 is 15.0 Å². The highest BCUT2D eigenvalue weighted by atomic mass is 16.6. The van der Waals surface area contributed by atoms with Crippen LogP contribution in [0.5, 0.6) is 11.6 Å². The minimum atomic E-state index is -0.736. The quantitative estimate of drug-likeness (QED) is 0.716. The molecule has 2 rings (SSSR count). The van der Waals surface area contributed by atoms with Crippen molar-refractivity contribution in [3.63, 3.8) is 0 Å². The SMILES string of the molecule is N#C[n+]1[nH]oc(=O)c1Oc1ccccc1. The van der Waals surface area contributed by atoms with E-state index < -0.39 is 5.63 Å². The number of hydrogen-bond donors (Lipinski definition) is 1. The van der Waals surface area contributed by atoms with Gasteiger partial charge in [0.25, 0.3) is 0 Å². The third kappa shape index (κ3) is 1.71. The fourth-order valence-electron chi connectivity index (χ4n) is 1.02. The molecule has 6 heteroatoms. The van der Waals surface area contributed by atoms with E-state index in [1.807, 2.05) is 6.07 Å². The lowest BCUT2D eigenvalue weighted by Crippen LogP contribution is -2.32. The Hall–Kier alpha value is -2.55.